The van der Waals surface area contributed by atoms with Gasteiger partial charge in [0.2, 0.25) is 0 Å². The van der Waals surface area contributed by atoms with Gasteiger partial charge in [-0.3, -0.25) is 9.59 Å². The first kappa shape index (κ1) is 17.8. The molecule has 0 aliphatic carbocycles. The Balaban J connectivity index is 1.63. The molecule has 0 bridgehead atoms. The van der Waals surface area contributed by atoms with Crippen molar-refractivity contribution < 1.29 is 14.0 Å². The molecule has 0 aliphatic heterocycles. The van der Waals surface area contributed by atoms with Gasteiger partial charge in [-0.1, -0.05) is 17.7 Å². The fraction of sp³-hybridized carbons (Fsp3) is 0.100. The third-order valence-corrected chi connectivity index (χ3v) is 4.10. The predicted octanol–water partition coefficient (Wildman–Crippen LogP) is 4.42. The number of hydrogen-bond acceptors (Lipinski definition) is 3. The van der Waals surface area contributed by atoms with Gasteiger partial charge in [-0.2, -0.15) is 0 Å². The van der Waals surface area contributed by atoms with Crippen molar-refractivity contribution in [3.8, 4) is 0 Å². The Kier molecular flexibility index (Phi) is 5.39. The lowest BCUT2D eigenvalue weighted by Crippen LogP contribution is -2.22. The standard InChI is InChI=1S/C20H17ClN2O3/c1-13-4-9-16(21)11-18(13)23-20(25)15-7-5-14(6-8-15)19(24)22-12-17-3-2-10-26-17/h2-11H,12H2,1H3,(H,22,24)(H,23,25). The van der Waals surface area contributed by atoms with Crippen molar-refractivity contribution in [1.82, 2.24) is 5.32 Å². The Bertz CT molecular complexity index is 919. The van der Waals surface area contributed by atoms with Gasteiger partial charge in [-0.05, 0) is 61.0 Å². The summed E-state index contributed by atoms with van der Waals surface area (Å²) in [6.45, 7) is 2.19. The molecule has 2 aromatic carbocycles. The Morgan fingerprint density at radius 3 is 2.35 bits per heavy atom. The van der Waals surface area contributed by atoms with Gasteiger partial charge in [0.15, 0.2) is 0 Å². The Hall–Kier alpha value is -3.05. The van der Waals surface area contributed by atoms with Gasteiger partial charge in [0, 0.05) is 21.8 Å². The summed E-state index contributed by atoms with van der Waals surface area (Å²) in [5.41, 5.74) is 2.48. The number of anilines is 1. The Labute approximate surface area is 156 Å². The number of carbonyl (C=O) groups is 2. The smallest absolute Gasteiger partial charge is 0.255 e. The number of aryl methyl sites for hydroxylation is 1. The lowest BCUT2D eigenvalue weighted by Gasteiger charge is -2.09. The molecule has 2 amide bonds. The molecule has 0 radical (unpaired) electrons. The topological polar surface area (TPSA) is 71.3 Å². The van der Waals surface area contributed by atoms with Crippen molar-refractivity contribution in [2.75, 3.05) is 5.32 Å². The van der Waals surface area contributed by atoms with Gasteiger partial charge in [-0.25, -0.2) is 0 Å². The minimum absolute atomic E-state index is 0.237. The van der Waals surface area contributed by atoms with Crippen molar-refractivity contribution in [3.63, 3.8) is 0 Å². The minimum atomic E-state index is -0.266. The highest BCUT2D eigenvalue weighted by atomic mass is 35.5. The molecule has 3 aromatic rings. The van der Waals surface area contributed by atoms with Gasteiger partial charge in [0.05, 0.1) is 12.8 Å². The predicted molar refractivity (Wildman–Crippen MR) is 100 cm³/mol. The normalized spacial score (nSPS) is 10.4. The number of amides is 2. The molecule has 0 spiro atoms. The van der Waals surface area contributed by atoms with E-state index in [1.54, 1.807) is 54.8 Å². The number of nitrogens with one attached hydrogen (secondary N) is 2. The van der Waals surface area contributed by atoms with Gasteiger partial charge in [0.25, 0.3) is 11.8 Å². The first-order chi connectivity index (χ1) is 12.5. The molecule has 3 rings (SSSR count). The van der Waals surface area contributed by atoms with E-state index >= 15 is 0 Å². The molecule has 1 aromatic heterocycles. The number of carbonyl (C=O) groups excluding carboxylic acids is 2. The summed E-state index contributed by atoms with van der Waals surface area (Å²) in [5, 5.41) is 6.13. The van der Waals surface area contributed by atoms with E-state index in [1.165, 1.54) is 0 Å². The second-order valence-electron chi connectivity index (χ2n) is 5.75. The van der Waals surface area contributed by atoms with Gasteiger partial charge >= 0.3 is 0 Å². The Morgan fingerprint density at radius 2 is 1.69 bits per heavy atom. The SMILES string of the molecule is Cc1ccc(Cl)cc1NC(=O)c1ccc(C(=O)NCc2ccco2)cc1. The zero-order chi connectivity index (χ0) is 18.5. The van der Waals surface area contributed by atoms with Crippen molar-refractivity contribution in [3.05, 3.63) is 88.3 Å². The number of benzene rings is 2. The van der Waals surface area contributed by atoms with Crippen LogP contribution in [0.5, 0.6) is 0 Å². The fourth-order valence-corrected chi connectivity index (χ4v) is 2.55. The van der Waals surface area contributed by atoms with Crippen LogP contribution >= 0.6 is 11.6 Å². The molecule has 0 atom stereocenters. The maximum Gasteiger partial charge on any atom is 0.255 e. The maximum atomic E-state index is 12.4. The summed E-state index contributed by atoms with van der Waals surface area (Å²) < 4.78 is 5.17. The maximum absolute atomic E-state index is 12.4. The van der Waals surface area contributed by atoms with Crippen LogP contribution in [-0.4, -0.2) is 11.8 Å². The lowest BCUT2D eigenvalue weighted by atomic mass is 10.1. The molecular weight excluding hydrogens is 352 g/mol. The van der Waals surface area contributed by atoms with Crippen LogP contribution in [0, 0.1) is 6.92 Å². The van der Waals surface area contributed by atoms with Gasteiger partial charge < -0.3 is 15.1 Å². The van der Waals surface area contributed by atoms with Crippen LogP contribution in [0.4, 0.5) is 5.69 Å². The molecular formula is C20H17ClN2O3. The molecule has 6 heteroatoms. The van der Waals surface area contributed by atoms with E-state index in [4.69, 9.17) is 16.0 Å². The monoisotopic (exact) mass is 368 g/mol. The third-order valence-electron chi connectivity index (χ3n) is 3.86. The highest BCUT2D eigenvalue weighted by Crippen LogP contribution is 2.21. The molecule has 0 unspecified atom stereocenters. The van der Waals surface area contributed by atoms with Crippen LogP contribution in [0.25, 0.3) is 0 Å². The molecule has 26 heavy (non-hydrogen) atoms. The molecule has 0 aliphatic rings. The van der Waals surface area contributed by atoms with Crippen molar-refractivity contribution in [1.29, 1.82) is 0 Å². The highest BCUT2D eigenvalue weighted by Gasteiger charge is 2.11. The van der Waals surface area contributed by atoms with E-state index in [2.05, 4.69) is 10.6 Å². The van der Waals surface area contributed by atoms with E-state index < -0.39 is 0 Å². The van der Waals surface area contributed by atoms with Crippen LogP contribution in [0.2, 0.25) is 5.02 Å². The van der Waals surface area contributed by atoms with Crippen molar-refractivity contribution in [2.24, 2.45) is 0 Å². The van der Waals surface area contributed by atoms with E-state index in [9.17, 15) is 9.59 Å². The fourth-order valence-electron chi connectivity index (χ4n) is 2.38. The number of hydrogen-bond donors (Lipinski definition) is 2. The molecule has 0 saturated carbocycles. The zero-order valence-electron chi connectivity index (χ0n) is 14.1. The van der Waals surface area contributed by atoms with Crippen molar-refractivity contribution >= 4 is 29.1 Å². The van der Waals surface area contributed by atoms with E-state index in [-0.39, 0.29) is 11.8 Å². The van der Waals surface area contributed by atoms with Crippen LogP contribution < -0.4 is 10.6 Å². The van der Waals surface area contributed by atoms with E-state index in [1.807, 2.05) is 13.0 Å². The van der Waals surface area contributed by atoms with Gasteiger partial charge in [0.1, 0.15) is 5.76 Å². The number of halogens is 1. The first-order valence-corrected chi connectivity index (χ1v) is 8.39. The summed E-state index contributed by atoms with van der Waals surface area (Å²) in [6.07, 6.45) is 1.55. The molecule has 0 saturated heterocycles. The highest BCUT2D eigenvalue weighted by molar-refractivity contribution is 6.31. The molecule has 2 N–H and O–H groups in total. The Morgan fingerprint density at radius 1 is 1.00 bits per heavy atom. The second kappa shape index (κ2) is 7.89. The van der Waals surface area contributed by atoms with Crippen LogP contribution in [-0.2, 0) is 6.54 Å². The van der Waals surface area contributed by atoms with E-state index in [0.29, 0.717) is 34.1 Å². The summed E-state index contributed by atoms with van der Waals surface area (Å²) in [6, 6.07) is 15.3. The second-order valence-corrected chi connectivity index (χ2v) is 6.19. The summed E-state index contributed by atoms with van der Waals surface area (Å²) >= 11 is 5.97. The molecule has 5 nitrogen and oxygen atoms in total. The van der Waals surface area contributed by atoms with Crippen LogP contribution in [0.1, 0.15) is 32.0 Å². The average Bonchev–Trinajstić information content (AvgIpc) is 3.16. The molecule has 0 fully saturated rings. The minimum Gasteiger partial charge on any atom is -0.467 e. The summed E-state index contributed by atoms with van der Waals surface area (Å²) in [7, 11) is 0. The quantitative estimate of drug-likeness (QED) is 0.700. The third kappa shape index (κ3) is 4.32. The van der Waals surface area contributed by atoms with Gasteiger partial charge in [-0.15, -0.1) is 0 Å². The average molecular weight is 369 g/mol. The van der Waals surface area contributed by atoms with Crippen LogP contribution in [0.3, 0.4) is 0 Å². The van der Waals surface area contributed by atoms with Crippen LogP contribution in [0.15, 0.2) is 65.3 Å². The molecule has 132 valence electrons. The zero-order valence-corrected chi connectivity index (χ0v) is 14.8. The largest absolute Gasteiger partial charge is 0.467 e. The van der Waals surface area contributed by atoms with E-state index in [0.717, 1.165) is 5.56 Å². The number of rotatable bonds is 5. The first-order valence-electron chi connectivity index (χ1n) is 8.01. The summed E-state index contributed by atoms with van der Waals surface area (Å²) in [4.78, 5) is 24.5. The lowest BCUT2D eigenvalue weighted by molar-refractivity contribution is 0.0946. The number of furan rings is 1. The molecule has 1 heterocycles. The van der Waals surface area contributed by atoms with Crippen molar-refractivity contribution in [2.45, 2.75) is 13.5 Å². The summed E-state index contributed by atoms with van der Waals surface area (Å²) in [5.74, 6) is 0.170.